The molecule has 0 amide bonds. The van der Waals surface area contributed by atoms with Crippen molar-refractivity contribution in [3.05, 3.63) is 45.9 Å². The standard InChI is InChI=1S/C18H26N4S/c1-14(18-13-20-15(2)23-18)19-12-16-6-4-5-7-17(16)22-10-8-21(3)9-11-22/h4-7,13-14,19H,8-12H2,1-3H3/t14-/m1/s1. The van der Waals surface area contributed by atoms with Crippen molar-refractivity contribution in [2.45, 2.75) is 26.4 Å². The summed E-state index contributed by atoms with van der Waals surface area (Å²) in [4.78, 5) is 10.6. The number of hydrogen-bond acceptors (Lipinski definition) is 5. The molecule has 1 aromatic carbocycles. The molecular weight excluding hydrogens is 304 g/mol. The molecule has 2 heterocycles. The highest BCUT2D eigenvalue weighted by molar-refractivity contribution is 7.11. The Hall–Kier alpha value is -1.43. The topological polar surface area (TPSA) is 31.4 Å². The van der Waals surface area contributed by atoms with Crippen molar-refractivity contribution in [3.8, 4) is 0 Å². The minimum absolute atomic E-state index is 0.335. The van der Waals surface area contributed by atoms with Gasteiger partial charge in [-0.3, -0.25) is 0 Å². The molecule has 1 aliphatic heterocycles. The molecule has 0 unspecified atom stereocenters. The normalized spacial score (nSPS) is 17.4. The average Bonchev–Trinajstić information content (AvgIpc) is 3.00. The number of likely N-dealkylation sites (N-methyl/N-ethyl adjacent to an activating group) is 1. The Kier molecular flexibility index (Phi) is 5.30. The van der Waals surface area contributed by atoms with E-state index < -0.39 is 0 Å². The van der Waals surface area contributed by atoms with E-state index in [0.29, 0.717) is 6.04 Å². The molecule has 4 nitrogen and oxygen atoms in total. The molecule has 0 radical (unpaired) electrons. The van der Waals surface area contributed by atoms with Crippen molar-refractivity contribution in [2.75, 3.05) is 38.1 Å². The van der Waals surface area contributed by atoms with Gasteiger partial charge in [0.1, 0.15) is 0 Å². The number of anilines is 1. The van der Waals surface area contributed by atoms with Gasteiger partial charge in [-0.1, -0.05) is 18.2 Å². The molecule has 2 aromatic rings. The van der Waals surface area contributed by atoms with Gasteiger partial charge in [-0.15, -0.1) is 11.3 Å². The van der Waals surface area contributed by atoms with Gasteiger partial charge in [-0.2, -0.15) is 0 Å². The molecule has 23 heavy (non-hydrogen) atoms. The largest absolute Gasteiger partial charge is 0.369 e. The Morgan fingerprint density at radius 3 is 2.65 bits per heavy atom. The van der Waals surface area contributed by atoms with Gasteiger partial charge >= 0.3 is 0 Å². The molecule has 0 saturated carbocycles. The van der Waals surface area contributed by atoms with Gasteiger partial charge in [0.15, 0.2) is 0 Å². The van der Waals surface area contributed by atoms with Gasteiger partial charge in [0.2, 0.25) is 0 Å². The van der Waals surface area contributed by atoms with Gasteiger partial charge in [0, 0.05) is 55.5 Å². The van der Waals surface area contributed by atoms with Gasteiger partial charge in [-0.25, -0.2) is 4.98 Å². The monoisotopic (exact) mass is 330 g/mol. The zero-order chi connectivity index (χ0) is 16.2. The molecule has 1 aromatic heterocycles. The minimum Gasteiger partial charge on any atom is -0.369 e. The van der Waals surface area contributed by atoms with E-state index in [1.165, 1.54) is 16.1 Å². The average molecular weight is 331 g/mol. The molecule has 1 saturated heterocycles. The summed E-state index contributed by atoms with van der Waals surface area (Å²) in [7, 11) is 2.20. The number of nitrogens with one attached hydrogen (secondary N) is 1. The van der Waals surface area contributed by atoms with Crippen LogP contribution in [0.25, 0.3) is 0 Å². The first kappa shape index (κ1) is 16.4. The number of piperazine rings is 1. The Bertz CT molecular complexity index is 631. The van der Waals surface area contributed by atoms with E-state index in [1.54, 1.807) is 11.3 Å². The Labute approximate surface area is 143 Å². The van der Waals surface area contributed by atoms with Crippen molar-refractivity contribution in [3.63, 3.8) is 0 Å². The first-order valence-corrected chi connectivity index (χ1v) is 9.12. The van der Waals surface area contributed by atoms with Crippen LogP contribution in [0.3, 0.4) is 0 Å². The molecule has 0 bridgehead atoms. The lowest BCUT2D eigenvalue weighted by Gasteiger charge is -2.35. The highest BCUT2D eigenvalue weighted by Crippen LogP contribution is 2.24. The fourth-order valence-corrected chi connectivity index (χ4v) is 3.77. The lowest BCUT2D eigenvalue weighted by atomic mass is 10.1. The molecule has 5 heteroatoms. The third-order valence-electron chi connectivity index (χ3n) is 4.50. The van der Waals surface area contributed by atoms with Crippen LogP contribution < -0.4 is 10.2 Å². The predicted octanol–water partition coefficient (Wildman–Crippen LogP) is 3.05. The maximum atomic E-state index is 4.36. The summed E-state index contributed by atoms with van der Waals surface area (Å²) in [6, 6.07) is 9.11. The summed E-state index contributed by atoms with van der Waals surface area (Å²) in [6.07, 6.45) is 1.99. The summed E-state index contributed by atoms with van der Waals surface area (Å²) in [5.74, 6) is 0. The van der Waals surface area contributed by atoms with Crippen LogP contribution in [-0.2, 0) is 6.54 Å². The molecule has 3 rings (SSSR count). The van der Waals surface area contributed by atoms with Crippen LogP contribution in [0.1, 0.15) is 28.4 Å². The first-order valence-electron chi connectivity index (χ1n) is 8.30. The smallest absolute Gasteiger partial charge is 0.0897 e. The van der Waals surface area contributed by atoms with E-state index in [2.05, 4.69) is 65.3 Å². The number of aryl methyl sites for hydroxylation is 1. The second-order valence-electron chi connectivity index (χ2n) is 6.30. The molecule has 0 aliphatic carbocycles. The first-order chi connectivity index (χ1) is 11.1. The highest BCUT2D eigenvalue weighted by Gasteiger charge is 2.17. The van der Waals surface area contributed by atoms with E-state index in [-0.39, 0.29) is 0 Å². The molecule has 1 N–H and O–H groups in total. The van der Waals surface area contributed by atoms with Crippen LogP contribution in [0.4, 0.5) is 5.69 Å². The van der Waals surface area contributed by atoms with Gasteiger partial charge in [0.05, 0.1) is 5.01 Å². The quantitative estimate of drug-likeness (QED) is 0.913. The van der Waals surface area contributed by atoms with E-state index >= 15 is 0 Å². The summed E-state index contributed by atoms with van der Waals surface area (Å²) in [5.41, 5.74) is 2.76. The summed E-state index contributed by atoms with van der Waals surface area (Å²) in [6.45, 7) is 9.65. The fourth-order valence-electron chi connectivity index (χ4n) is 2.96. The molecule has 1 aliphatic rings. The van der Waals surface area contributed by atoms with Crippen LogP contribution in [0.15, 0.2) is 30.5 Å². The fraction of sp³-hybridized carbons (Fsp3) is 0.500. The Balaban J connectivity index is 1.66. The maximum Gasteiger partial charge on any atom is 0.0897 e. The Morgan fingerprint density at radius 2 is 1.96 bits per heavy atom. The van der Waals surface area contributed by atoms with Crippen molar-refractivity contribution in [1.29, 1.82) is 0 Å². The molecule has 1 atom stereocenters. The van der Waals surface area contributed by atoms with Crippen LogP contribution in [0.2, 0.25) is 0 Å². The number of nitrogens with zero attached hydrogens (tertiary/aromatic N) is 3. The van der Waals surface area contributed by atoms with Crippen molar-refractivity contribution in [2.24, 2.45) is 0 Å². The van der Waals surface area contributed by atoms with E-state index in [9.17, 15) is 0 Å². The number of thiazole rings is 1. The summed E-state index contributed by atoms with van der Waals surface area (Å²) >= 11 is 1.77. The van der Waals surface area contributed by atoms with Gasteiger partial charge in [-0.05, 0) is 32.5 Å². The SMILES string of the molecule is Cc1ncc([C@@H](C)NCc2ccccc2N2CCN(C)CC2)s1. The van der Waals surface area contributed by atoms with Crippen molar-refractivity contribution in [1.82, 2.24) is 15.2 Å². The van der Waals surface area contributed by atoms with Crippen molar-refractivity contribution >= 4 is 17.0 Å². The van der Waals surface area contributed by atoms with Crippen molar-refractivity contribution < 1.29 is 0 Å². The number of rotatable bonds is 5. The predicted molar refractivity (Wildman–Crippen MR) is 98.3 cm³/mol. The van der Waals surface area contributed by atoms with Gasteiger partial charge in [0.25, 0.3) is 0 Å². The number of hydrogen-bond donors (Lipinski definition) is 1. The van der Waals surface area contributed by atoms with Crippen LogP contribution in [-0.4, -0.2) is 43.1 Å². The molecular formula is C18H26N4S. The number of aromatic nitrogens is 1. The number of benzene rings is 1. The second-order valence-corrected chi connectivity index (χ2v) is 7.57. The third-order valence-corrected chi connectivity index (χ3v) is 5.60. The maximum absolute atomic E-state index is 4.36. The lowest BCUT2D eigenvalue weighted by molar-refractivity contribution is 0.312. The Morgan fingerprint density at radius 1 is 1.22 bits per heavy atom. The zero-order valence-corrected chi connectivity index (χ0v) is 15.1. The third kappa shape index (κ3) is 4.10. The van der Waals surface area contributed by atoms with E-state index in [4.69, 9.17) is 0 Å². The van der Waals surface area contributed by atoms with Crippen LogP contribution in [0.5, 0.6) is 0 Å². The highest BCUT2D eigenvalue weighted by atomic mass is 32.1. The van der Waals surface area contributed by atoms with Crippen LogP contribution >= 0.6 is 11.3 Å². The van der Waals surface area contributed by atoms with Gasteiger partial charge < -0.3 is 15.1 Å². The number of para-hydroxylation sites is 1. The molecule has 124 valence electrons. The lowest BCUT2D eigenvalue weighted by Crippen LogP contribution is -2.44. The van der Waals surface area contributed by atoms with E-state index in [0.717, 1.165) is 37.7 Å². The minimum atomic E-state index is 0.335. The summed E-state index contributed by atoms with van der Waals surface area (Å²) in [5, 5.41) is 4.78. The summed E-state index contributed by atoms with van der Waals surface area (Å²) < 4.78 is 0. The molecule has 1 fully saturated rings. The van der Waals surface area contributed by atoms with E-state index in [1.807, 2.05) is 6.20 Å². The second kappa shape index (κ2) is 7.43. The zero-order valence-electron chi connectivity index (χ0n) is 14.2. The molecule has 0 spiro atoms. The van der Waals surface area contributed by atoms with Crippen LogP contribution in [0, 0.1) is 6.92 Å².